The highest BCUT2D eigenvalue weighted by Gasteiger charge is 2.03. The van der Waals surface area contributed by atoms with Gasteiger partial charge in [-0.1, -0.05) is 12.1 Å². The molecule has 0 aromatic heterocycles. The number of hydrogen-bond donors (Lipinski definition) is 2. The second kappa shape index (κ2) is 5.95. The van der Waals surface area contributed by atoms with Gasteiger partial charge in [-0.05, 0) is 29.9 Å². The fourth-order valence-corrected chi connectivity index (χ4v) is 1.19. The van der Waals surface area contributed by atoms with Crippen LogP contribution in [-0.2, 0) is 4.79 Å². The van der Waals surface area contributed by atoms with Crippen LogP contribution in [0.15, 0.2) is 29.4 Å². The molecule has 0 bridgehead atoms. The second-order valence-corrected chi connectivity index (χ2v) is 3.84. The molecule has 1 aromatic carbocycles. The highest BCUT2D eigenvalue weighted by Crippen LogP contribution is 2.12. The summed E-state index contributed by atoms with van der Waals surface area (Å²) in [5, 5.41) is 3.95. The Kier molecular flexibility index (Phi) is 4.59. The SMILES string of the molecule is CC(=O)N(C)c1ccc(/C=N\NC(N)=S)cc1. The lowest BCUT2D eigenvalue weighted by Gasteiger charge is -2.14. The first-order valence-electron chi connectivity index (χ1n) is 4.93. The number of carbonyl (C=O) groups excluding carboxylic acids is 1. The fourth-order valence-electron chi connectivity index (χ4n) is 1.14. The number of thiocarbonyl (C=S) groups is 1. The molecule has 5 nitrogen and oxygen atoms in total. The van der Waals surface area contributed by atoms with E-state index in [1.807, 2.05) is 24.3 Å². The van der Waals surface area contributed by atoms with E-state index in [1.54, 1.807) is 18.2 Å². The number of benzene rings is 1. The van der Waals surface area contributed by atoms with Crippen molar-refractivity contribution in [2.75, 3.05) is 11.9 Å². The zero-order valence-electron chi connectivity index (χ0n) is 9.68. The number of nitrogens with two attached hydrogens (primary N) is 1. The van der Waals surface area contributed by atoms with Gasteiger partial charge in [0.2, 0.25) is 5.91 Å². The lowest BCUT2D eigenvalue weighted by atomic mass is 10.2. The van der Waals surface area contributed by atoms with Gasteiger partial charge in [0.1, 0.15) is 0 Å². The molecule has 1 rings (SSSR count). The van der Waals surface area contributed by atoms with Crippen LogP contribution in [0.25, 0.3) is 0 Å². The normalized spacial score (nSPS) is 10.2. The number of amides is 1. The van der Waals surface area contributed by atoms with Crippen LogP contribution in [0.5, 0.6) is 0 Å². The predicted molar refractivity (Wildman–Crippen MR) is 73.0 cm³/mol. The van der Waals surface area contributed by atoms with E-state index in [9.17, 15) is 4.79 Å². The summed E-state index contributed by atoms with van der Waals surface area (Å²) in [5.74, 6) is -0.0124. The van der Waals surface area contributed by atoms with Crippen molar-refractivity contribution >= 4 is 35.1 Å². The Morgan fingerprint density at radius 2 is 2.06 bits per heavy atom. The first kappa shape index (κ1) is 13.1. The Balaban J connectivity index is 2.71. The van der Waals surface area contributed by atoms with E-state index < -0.39 is 0 Å². The topological polar surface area (TPSA) is 70.7 Å². The molecule has 17 heavy (non-hydrogen) atoms. The van der Waals surface area contributed by atoms with Gasteiger partial charge in [-0.3, -0.25) is 10.2 Å². The van der Waals surface area contributed by atoms with Crippen LogP contribution < -0.4 is 16.1 Å². The number of nitrogens with zero attached hydrogens (tertiary/aromatic N) is 2. The molecule has 3 N–H and O–H groups in total. The second-order valence-electron chi connectivity index (χ2n) is 3.40. The number of rotatable bonds is 3. The lowest BCUT2D eigenvalue weighted by molar-refractivity contribution is -0.116. The molecule has 0 aliphatic rings. The standard InChI is InChI=1S/C11H14N4OS/c1-8(16)15(2)10-5-3-9(4-6-10)7-13-14-11(12)17/h3-7H,1-2H3,(H3,12,14,17)/b13-7-. The molecule has 0 atom stereocenters. The smallest absolute Gasteiger partial charge is 0.223 e. The van der Waals surface area contributed by atoms with Crippen molar-refractivity contribution in [3.8, 4) is 0 Å². The van der Waals surface area contributed by atoms with Crippen LogP contribution in [0, 0.1) is 0 Å². The molecule has 0 spiro atoms. The van der Waals surface area contributed by atoms with Gasteiger partial charge < -0.3 is 10.6 Å². The maximum absolute atomic E-state index is 11.1. The van der Waals surface area contributed by atoms with Gasteiger partial charge in [0.15, 0.2) is 5.11 Å². The van der Waals surface area contributed by atoms with Gasteiger partial charge in [0.25, 0.3) is 0 Å². The van der Waals surface area contributed by atoms with E-state index in [2.05, 4.69) is 22.7 Å². The summed E-state index contributed by atoms with van der Waals surface area (Å²) in [6.07, 6.45) is 1.59. The van der Waals surface area contributed by atoms with E-state index in [0.717, 1.165) is 11.3 Å². The Morgan fingerprint density at radius 1 is 1.47 bits per heavy atom. The van der Waals surface area contributed by atoms with Crippen molar-refractivity contribution in [1.82, 2.24) is 5.43 Å². The van der Waals surface area contributed by atoms with Crippen molar-refractivity contribution < 1.29 is 4.79 Å². The molecule has 90 valence electrons. The molecule has 0 fully saturated rings. The Morgan fingerprint density at radius 3 is 2.53 bits per heavy atom. The summed E-state index contributed by atoms with van der Waals surface area (Å²) in [7, 11) is 1.72. The molecule has 1 aromatic rings. The Labute approximate surface area is 105 Å². The average molecular weight is 250 g/mol. The highest BCUT2D eigenvalue weighted by molar-refractivity contribution is 7.80. The van der Waals surface area contributed by atoms with Crippen molar-refractivity contribution in [2.24, 2.45) is 10.8 Å². The minimum atomic E-state index is -0.0124. The molecule has 0 aliphatic carbocycles. The molecule has 0 saturated carbocycles. The number of hydrogen-bond acceptors (Lipinski definition) is 3. The first-order chi connectivity index (χ1) is 8.00. The third-order valence-corrected chi connectivity index (χ3v) is 2.23. The van der Waals surface area contributed by atoms with Gasteiger partial charge in [-0.2, -0.15) is 5.10 Å². The summed E-state index contributed by atoms with van der Waals surface area (Å²) < 4.78 is 0. The maximum atomic E-state index is 11.1. The van der Waals surface area contributed by atoms with Crippen LogP contribution in [0.4, 0.5) is 5.69 Å². The molecule has 0 radical (unpaired) electrons. The summed E-state index contributed by atoms with van der Waals surface area (Å²) in [6, 6.07) is 7.37. The van der Waals surface area contributed by atoms with Gasteiger partial charge in [0.05, 0.1) is 6.21 Å². The summed E-state index contributed by atoms with van der Waals surface area (Å²) in [5.41, 5.74) is 9.39. The third-order valence-electron chi connectivity index (χ3n) is 2.14. The van der Waals surface area contributed by atoms with Crippen LogP contribution >= 0.6 is 12.2 Å². The molecular formula is C11H14N4OS. The number of nitrogens with one attached hydrogen (secondary N) is 1. The Bertz CT molecular complexity index is 441. The molecule has 0 unspecified atom stereocenters. The van der Waals surface area contributed by atoms with E-state index in [1.165, 1.54) is 6.92 Å². The minimum Gasteiger partial charge on any atom is -0.375 e. The summed E-state index contributed by atoms with van der Waals surface area (Å²) >= 11 is 4.60. The number of carbonyl (C=O) groups is 1. The third kappa shape index (κ3) is 4.20. The fraction of sp³-hybridized carbons (Fsp3) is 0.182. The molecule has 0 heterocycles. The summed E-state index contributed by atoms with van der Waals surface area (Å²) in [4.78, 5) is 12.7. The molecule has 0 aliphatic heterocycles. The zero-order valence-corrected chi connectivity index (χ0v) is 10.5. The van der Waals surface area contributed by atoms with Crippen molar-refractivity contribution in [1.29, 1.82) is 0 Å². The van der Waals surface area contributed by atoms with Crippen molar-refractivity contribution in [3.63, 3.8) is 0 Å². The molecule has 1 amide bonds. The van der Waals surface area contributed by atoms with Gasteiger partial charge in [0, 0.05) is 19.7 Å². The zero-order chi connectivity index (χ0) is 12.8. The monoisotopic (exact) mass is 250 g/mol. The predicted octanol–water partition coefficient (Wildman–Crippen LogP) is 0.836. The van der Waals surface area contributed by atoms with Crippen LogP contribution in [0.2, 0.25) is 0 Å². The Hall–Kier alpha value is -1.95. The first-order valence-corrected chi connectivity index (χ1v) is 5.34. The van der Waals surface area contributed by atoms with Crippen molar-refractivity contribution in [3.05, 3.63) is 29.8 Å². The average Bonchev–Trinajstić information content (AvgIpc) is 2.28. The van der Waals surface area contributed by atoms with Crippen molar-refractivity contribution in [2.45, 2.75) is 6.92 Å². The van der Waals surface area contributed by atoms with E-state index >= 15 is 0 Å². The quantitative estimate of drug-likeness (QED) is 0.474. The summed E-state index contributed by atoms with van der Waals surface area (Å²) in [6.45, 7) is 1.52. The van der Waals surface area contributed by atoms with Gasteiger partial charge >= 0.3 is 0 Å². The lowest BCUT2D eigenvalue weighted by Crippen LogP contribution is -2.24. The van der Waals surface area contributed by atoms with E-state index in [4.69, 9.17) is 5.73 Å². The van der Waals surface area contributed by atoms with Crippen LogP contribution in [0.1, 0.15) is 12.5 Å². The maximum Gasteiger partial charge on any atom is 0.223 e. The number of anilines is 1. The van der Waals surface area contributed by atoms with Crippen LogP contribution in [-0.4, -0.2) is 24.3 Å². The van der Waals surface area contributed by atoms with Gasteiger partial charge in [-0.25, -0.2) is 0 Å². The van der Waals surface area contributed by atoms with Gasteiger partial charge in [-0.15, -0.1) is 0 Å². The number of hydrazone groups is 1. The molecule has 0 saturated heterocycles. The van der Waals surface area contributed by atoms with E-state index in [0.29, 0.717) is 0 Å². The molecular weight excluding hydrogens is 236 g/mol. The highest BCUT2D eigenvalue weighted by atomic mass is 32.1. The minimum absolute atomic E-state index is 0.0124. The van der Waals surface area contributed by atoms with E-state index in [-0.39, 0.29) is 11.0 Å². The largest absolute Gasteiger partial charge is 0.375 e. The molecule has 6 heteroatoms. The van der Waals surface area contributed by atoms with Crippen LogP contribution in [0.3, 0.4) is 0 Å².